The van der Waals surface area contributed by atoms with Crippen LogP contribution in [-0.2, 0) is 0 Å². The van der Waals surface area contributed by atoms with Crippen molar-refractivity contribution in [1.29, 1.82) is 0 Å². The highest BCUT2D eigenvalue weighted by Crippen LogP contribution is 2.38. The van der Waals surface area contributed by atoms with Crippen molar-refractivity contribution in [2.75, 3.05) is 26.6 Å². The summed E-state index contributed by atoms with van der Waals surface area (Å²) in [5.74, 6) is 0.949. The molecule has 2 aromatic heterocycles. The Bertz CT molecular complexity index is 1180. The van der Waals surface area contributed by atoms with Crippen LogP contribution in [0.3, 0.4) is 0 Å². The number of hydrogen-bond acceptors (Lipinski definition) is 7. The highest BCUT2D eigenvalue weighted by atomic mass is 16.5. The first-order chi connectivity index (χ1) is 14.6. The smallest absolute Gasteiger partial charge is 0.255 e. The zero-order valence-electron chi connectivity index (χ0n) is 16.6. The molecule has 0 spiro atoms. The van der Waals surface area contributed by atoms with E-state index in [1.54, 1.807) is 23.0 Å². The number of nitrogens with one attached hydrogen (secondary N) is 1. The molecule has 152 valence electrons. The lowest BCUT2D eigenvalue weighted by molar-refractivity contribution is 0.102. The number of fused-ring (bicyclic) bond motifs is 1. The molecule has 9 nitrogen and oxygen atoms in total. The minimum absolute atomic E-state index is 0.300. The molecule has 0 radical (unpaired) electrons. The van der Waals surface area contributed by atoms with E-state index in [1.165, 1.54) is 21.3 Å². The molecule has 0 aliphatic heterocycles. The number of hydrogen-bond donors (Lipinski definition) is 1. The average molecular weight is 405 g/mol. The van der Waals surface area contributed by atoms with E-state index in [-0.39, 0.29) is 5.91 Å². The van der Waals surface area contributed by atoms with Gasteiger partial charge in [-0.3, -0.25) is 4.79 Å². The van der Waals surface area contributed by atoms with Crippen molar-refractivity contribution in [1.82, 2.24) is 19.8 Å². The summed E-state index contributed by atoms with van der Waals surface area (Å²) in [5.41, 5.74) is 3.37. The van der Waals surface area contributed by atoms with Crippen molar-refractivity contribution in [2.24, 2.45) is 0 Å². The lowest BCUT2D eigenvalue weighted by Crippen LogP contribution is -2.12. The second kappa shape index (κ2) is 8.08. The maximum Gasteiger partial charge on any atom is 0.255 e. The van der Waals surface area contributed by atoms with Gasteiger partial charge in [0.2, 0.25) is 5.75 Å². The zero-order valence-corrected chi connectivity index (χ0v) is 16.6. The van der Waals surface area contributed by atoms with Crippen molar-refractivity contribution in [2.45, 2.75) is 0 Å². The lowest BCUT2D eigenvalue weighted by Gasteiger charge is -2.14. The standard InChI is InChI=1S/C21H19N5O4/c1-28-17-10-14(11-18(29-2)20(17)30-3)21(27)23-15-6-4-13(5-7-15)16-8-9-19-24-22-12-26(19)25-16/h4-12H,1-3H3,(H,23,27). The van der Waals surface area contributed by atoms with Crippen LogP contribution in [0.5, 0.6) is 17.2 Å². The topological polar surface area (TPSA) is 99.9 Å². The first kappa shape index (κ1) is 19.2. The Balaban J connectivity index is 1.55. The third-order valence-corrected chi connectivity index (χ3v) is 4.53. The van der Waals surface area contributed by atoms with Gasteiger partial charge < -0.3 is 19.5 Å². The Morgan fingerprint density at radius 1 is 0.933 bits per heavy atom. The maximum absolute atomic E-state index is 12.7. The molecule has 0 saturated heterocycles. The summed E-state index contributed by atoms with van der Waals surface area (Å²) in [5, 5.41) is 15.1. The Kier molecular flexibility index (Phi) is 5.17. The molecule has 30 heavy (non-hydrogen) atoms. The van der Waals surface area contributed by atoms with Crippen LogP contribution < -0.4 is 19.5 Å². The Morgan fingerprint density at radius 2 is 1.63 bits per heavy atom. The SMILES string of the molecule is COc1cc(C(=O)Nc2ccc(-c3ccc4nncn4n3)cc2)cc(OC)c1OC. The zero-order chi connectivity index (χ0) is 21.1. The van der Waals surface area contributed by atoms with Crippen LogP contribution in [0, 0.1) is 0 Å². The van der Waals surface area contributed by atoms with Gasteiger partial charge in [-0.2, -0.15) is 9.61 Å². The van der Waals surface area contributed by atoms with Crippen molar-refractivity contribution in [3.05, 3.63) is 60.4 Å². The lowest BCUT2D eigenvalue weighted by atomic mass is 10.1. The molecule has 2 aromatic carbocycles. The van der Waals surface area contributed by atoms with Gasteiger partial charge >= 0.3 is 0 Å². The third kappa shape index (κ3) is 3.60. The summed E-state index contributed by atoms with van der Waals surface area (Å²) in [7, 11) is 4.52. The van der Waals surface area contributed by atoms with Crippen LogP contribution in [-0.4, -0.2) is 47.0 Å². The number of carbonyl (C=O) groups excluding carboxylic acids is 1. The number of aromatic nitrogens is 4. The molecule has 0 aliphatic rings. The monoisotopic (exact) mass is 405 g/mol. The van der Waals surface area contributed by atoms with E-state index in [0.29, 0.717) is 34.1 Å². The van der Waals surface area contributed by atoms with E-state index in [2.05, 4.69) is 20.6 Å². The minimum Gasteiger partial charge on any atom is -0.493 e. The molecule has 4 rings (SSSR count). The van der Waals surface area contributed by atoms with E-state index < -0.39 is 0 Å². The molecule has 0 saturated carbocycles. The van der Waals surface area contributed by atoms with Crippen LogP contribution in [0.4, 0.5) is 5.69 Å². The van der Waals surface area contributed by atoms with Crippen LogP contribution in [0.1, 0.15) is 10.4 Å². The van der Waals surface area contributed by atoms with Crippen molar-refractivity contribution < 1.29 is 19.0 Å². The van der Waals surface area contributed by atoms with Gasteiger partial charge in [-0.1, -0.05) is 12.1 Å². The molecule has 0 aliphatic carbocycles. The first-order valence-electron chi connectivity index (χ1n) is 9.02. The summed E-state index contributed by atoms with van der Waals surface area (Å²) >= 11 is 0. The van der Waals surface area contributed by atoms with E-state index in [9.17, 15) is 4.79 Å². The predicted molar refractivity (Wildman–Crippen MR) is 110 cm³/mol. The van der Waals surface area contributed by atoms with Crippen molar-refractivity contribution in [3.8, 4) is 28.5 Å². The summed E-state index contributed by atoms with van der Waals surface area (Å²) in [4.78, 5) is 12.7. The molecule has 1 amide bonds. The molecular formula is C21H19N5O4. The largest absolute Gasteiger partial charge is 0.493 e. The fourth-order valence-electron chi connectivity index (χ4n) is 3.02. The van der Waals surface area contributed by atoms with Gasteiger partial charge in [-0.15, -0.1) is 10.2 Å². The van der Waals surface area contributed by atoms with E-state index in [0.717, 1.165) is 11.3 Å². The van der Waals surface area contributed by atoms with Gasteiger partial charge in [-0.25, -0.2) is 0 Å². The molecule has 0 bridgehead atoms. The highest BCUT2D eigenvalue weighted by Gasteiger charge is 2.17. The van der Waals surface area contributed by atoms with E-state index >= 15 is 0 Å². The molecule has 2 heterocycles. The predicted octanol–water partition coefficient (Wildman–Crippen LogP) is 3.07. The second-order valence-corrected chi connectivity index (χ2v) is 6.30. The van der Waals surface area contributed by atoms with Gasteiger partial charge in [0.05, 0.1) is 27.0 Å². The van der Waals surface area contributed by atoms with E-state index in [4.69, 9.17) is 14.2 Å². The highest BCUT2D eigenvalue weighted by molar-refractivity contribution is 6.05. The normalized spacial score (nSPS) is 10.6. The first-order valence-corrected chi connectivity index (χ1v) is 9.02. The number of benzene rings is 2. The summed E-state index contributed by atoms with van der Waals surface area (Å²) in [6.07, 6.45) is 1.55. The number of anilines is 1. The number of methoxy groups -OCH3 is 3. The number of nitrogens with zero attached hydrogens (tertiary/aromatic N) is 4. The maximum atomic E-state index is 12.7. The van der Waals surface area contributed by atoms with Crippen molar-refractivity contribution >= 4 is 17.2 Å². The van der Waals surface area contributed by atoms with Gasteiger partial charge in [0.25, 0.3) is 5.91 Å². The van der Waals surface area contributed by atoms with Crippen LogP contribution >= 0.6 is 0 Å². The molecule has 9 heteroatoms. The fraction of sp³-hybridized carbons (Fsp3) is 0.143. The summed E-state index contributed by atoms with van der Waals surface area (Å²) in [6, 6.07) is 14.3. The Labute approximate surface area is 172 Å². The molecule has 0 atom stereocenters. The third-order valence-electron chi connectivity index (χ3n) is 4.53. The summed E-state index contributed by atoms with van der Waals surface area (Å²) < 4.78 is 17.5. The second-order valence-electron chi connectivity index (χ2n) is 6.30. The molecule has 1 N–H and O–H groups in total. The van der Waals surface area contributed by atoms with Gasteiger partial charge in [0, 0.05) is 16.8 Å². The molecule has 0 fully saturated rings. The van der Waals surface area contributed by atoms with E-state index in [1.807, 2.05) is 36.4 Å². The number of amides is 1. The molecule has 4 aromatic rings. The minimum atomic E-state index is -0.300. The van der Waals surface area contributed by atoms with Gasteiger partial charge in [0.1, 0.15) is 6.33 Å². The number of carbonyl (C=O) groups is 1. The van der Waals surface area contributed by atoms with Crippen LogP contribution in [0.15, 0.2) is 54.9 Å². The Morgan fingerprint density at radius 3 is 2.27 bits per heavy atom. The van der Waals surface area contributed by atoms with Crippen LogP contribution in [0.2, 0.25) is 0 Å². The molecular weight excluding hydrogens is 386 g/mol. The average Bonchev–Trinajstić information content (AvgIpc) is 3.26. The molecule has 0 unspecified atom stereocenters. The van der Waals surface area contributed by atoms with Crippen LogP contribution in [0.25, 0.3) is 16.9 Å². The number of ether oxygens (including phenoxy) is 3. The van der Waals surface area contributed by atoms with Crippen molar-refractivity contribution in [3.63, 3.8) is 0 Å². The quantitative estimate of drug-likeness (QED) is 0.526. The Hall–Kier alpha value is -4.14. The van der Waals surface area contributed by atoms with Gasteiger partial charge in [0.15, 0.2) is 17.1 Å². The van der Waals surface area contributed by atoms with Gasteiger partial charge in [-0.05, 0) is 36.4 Å². The fourth-order valence-corrected chi connectivity index (χ4v) is 3.02. The number of rotatable bonds is 6. The summed E-state index contributed by atoms with van der Waals surface area (Å²) in [6.45, 7) is 0.